The van der Waals surface area contributed by atoms with E-state index >= 15 is 4.39 Å². The van der Waals surface area contributed by atoms with Crippen LogP contribution in [-0.4, -0.2) is 42.3 Å². The van der Waals surface area contributed by atoms with Gasteiger partial charge in [-0.15, -0.1) is 0 Å². The van der Waals surface area contributed by atoms with Gasteiger partial charge in [0.2, 0.25) is 5.91 Å². The van der Waals surface area contributed by atoms with Gasteiger partial charge in [-0.3, -0.25) is 4.79 Å². The van der Waals surface area contributed by atoms with Gasteiger partial charge in [0.15, 0.2) is 5.17 Å². The number of hydrogen-bond acceptors (Lipinski definition) is 7. The summed E-state index contributed by atoms with van der Waals surface area (Å²) < 4.78 is 25.5. The maximum absolute atomic E-state index is 15.1. The highest BCUT2D eigenvalue weighted by Gasteiger charge is 2.42. The number of esters is 1. The van der Waals surface area contributed by atoms with Gasteiger partial charge in [0, 0.05) is 18.4 Å². The van der Waals surface area contributed by atoms with Crippen LogP contribution in [0.2, 0.25) is 0 Å². The van der Waals surface area contributed by atoms with Crippen molar-refractivity contribution in [3.63, 3.8) is 0 Å². The van der Waals surface area contributed by atoms with Gasteiger partial charge in [-0.2, -0.15) is 0 Å². The average molecular weight is 510 g/mol. The molecule has 9 heteroatoms. The van der Waals surface area contributed by atoms with Crippen LogP contribution in [0.25, 0.3) is 0 Å². The highest BCUT2D eigenvalue weighted by atomic mass is 32.2. The fourth-order valence-corrected chi connectivity index (χ4v) is 5.16. The number of amides is 1. The van der Waals surface area contributed by atoms with Crippen LogP contribution in [0.5, 0.6) is 0 Å². The normalized spacial score (nSPS) is 17.8. The van der Waals surface area contributed by atoms with Gasteiger partial charge in [-0.25, -0.2) is 14.2 Å². The molecule has 2 aliphatic heterocycles. The lowest BCUT2D eigenvalue weighted by atomic mass is 9.93. The van der Waals surface area contributed by atoms with Gasteiger partial charge in [0.25, 0.3) is 0 Å². The second kappa shape index (κ2) is 11.5. The zero-order valence-corrected chi connectivity index (χ0v) is 21.2. The Balaban J connectivity index is 1.62. The molecule has 2 atom stereocenters. The monoisotopic (exact) mass is 509 g/mol. The van der Waals surface area contributed by atoms with Crippen LogP contribution in [0.3, 0.4) is 0 Å². The number of allylic oxidation sites excluding steroid dienone is 1. The predicted octanol–water partition coefficient (Wildman–Crippen LogP) is 4.86. The molecule has 0 aromatic heterocycles. The summed E-state index contributed by atoms with van der Waals surface area (Å²) >= 11 is 1.34. The molecule has 188 valence electrons. The Labute approximate surface area is 214 Å². The van der Waals surface area contributed by atoms with E-state index in [1.165, 1.54) is 24.9 Å². The van der Waals surface area contributed by atoms with Crippen molar-refractivity contribution >= 4 is 28.8 Å². The van der Waals surface area contributed by atoms with Crippen LogP contribution in [0.4, 0.5) is 4.39 Å². The first kappa shape index (κ1) is 25.7. The number of amidine groups is 1. The minimum atomic E-state index is -0.825. The lowest BCUT2D eigenvalue weighted by Crippen LogP contribution is -2.38. The topological polar surface area (TPSA) is 80.2 Å². The second-order valence-electron chi connectivity index (χ2n) is 8.42. The van der Waals surface area contributed by atoms with E-state index in [4.69, 9.17) is 9.47 Å². The maximum atomic E-state index is 15.1. The lowest BCUT2D eigenvalue weighted by molar-refractivity contribution is -0.141. The summed E-state index contributed by atoms with van der Waals surface area (Å²) in [5.41, 5.74) is 2.59. The molecule has 0 saturated carbocycles. The molecule has 7 nitrogen and oxygen atoms in total. The first-order chi connectivity index (χ1) is 17.4. The molecule has 0 saturated heterocycles. The van der Waals surface area contributed by atoms with E-state index in [-0.39, 0.29) is 37.2 Å². The van der Waals surface area contributed by atoms with Crippen LogP contribution in [0, 0.1) is 5.82 Å². The quantitative estimate of drug-likeness (QED) is 0.384. The molecule has 4 rings (SSSR count). The standard InChI is InChI=1S/C27H28FN3O4S/c1-17(19-9-5-4-6-10-19)29-23(32)15-20-16-36-27-30-18(2)24(26(33)35-14-13-34-3)25(31(20)27)21-11-7-8-12-22(21)28/h4-12,16-17,25H,13-15H2,1-3H3,(H,29,32)/t17-,25+/m1/s1. The molecular formula is C27H28FN3O4S. The number of carbonyl (C=O) groups excluding carboxylic acids is 2. The van der Waals surface area contributed by atoms with Crippen molar-refractivity contribution in [1.82, 2.24) is 10.2 Å². The third kappa shape index (κ3) is 5.52. The molecule has 0 unspecified atom stereocenters. The van der Waals surface area contributed by atoms with Gasteiger partial charge >= 0.3 is 5.97 Å². The Morgan fingerprint density at radius 1 is 1.14 bits per heavy atom. The first-order valence-corrected chi connectivity index (χ1v) is 12.5. The van der Waals surface area contributed by atoms with Crippen molar-refractivity contribution < 1.29 is 23.5 Å². The number of carbonyl (C=O) groups is 2. The fourth-order valence-electron chi connectivity index (χ4n) is 4.20. The average Bonchev–Trinajstić information content (AvgIpc) is 3.25. The van der Waals surface area contributed by atoms with Crippen molar-refractivity contribution in [1.29, 1.82) is 0 Å². The summed E-state index contributed by atoms with van der Waals surface area (Å²) in [7, 11) is 1.51. The SMILES string of the molecule is COCCOC(=O)C1=C(C)N=C2SC=C(CC(=O)N[C@H](C)c3ccccc3)N2[C@H]1c1ccccc1F. The summed E-state index contributed by atoms with van der Waals surface area (Å²) in [6, 6.07) is 15.0. The smallest absolute Gasteiger partial charge is 0.338 e. The summed E-state index contributed by atoms with van der Waals surface area (Å²) in [5, 5.41) is 5.42. The number of benzene rings is 2. The van der Waals surface area contributed by atoms with Gasteiger partial charge < -0.3 is 19.7 Å². The van der Waals surface area contributed by atoms with E-state index < -0.39 is 17.8 Å². The Morgan fingerprint density at radius 2 is 1.86 bits per heavy atom. The van der Waals surface area contributed by atoms with Crippen molar-refractivity contribution in [2.24, 2.45) is 4.99 Å². The minimum absolute atomic E-state index is 0.0409. The molecule has 2 aromatic rings. The zero-order chi connectivity index (χ0) is 25.7. The van der Waals surface area contributed by atoms with Crippen LogP contribution in [0.1, 0.15) is 43.5 Å². The van der Waals surface area contributed by atoms with Crippen LogP contribution >= 0.6 is 11.8 Å². The van der Waals surface area contributed by atoms with Crippen molar-refractivity contribution in [3.8, 4) is 0 Å². The molecule has 0 aliphatic carbocycles. The van der Waals surface area contributed by atoms with E-state index in [9.17, 15) is 9.59 Å². The Kier molecular flexibility index (Phi) is 8.22. The molecule has 1 N–H and O–H groups in total. The molecule has 36 heavy (non-hydrogen) atoms. The van der Waals surface area contributed by atoms with E-state index in [2.05, 4.69) is 10.3 Å². The lowest BCUT2D eigenvalue weighted by Gasteiger charge is -2.36. The molecule has 2 aliphatic rings. The zero-order valence-electron chi connectivity index (χ0n) is 20.4. The Morgan fingerprint density at radius 3 is 2.58 bits per heavy atom. The second-order valence-corrected chi connectivity index (χ2v) is 9.26. The number of nitrogens with zero attached hydrogens (tertiary/aromatic N) is 2. The summed E-state index contributed by atoms with van der Waals surface area (Å²) in [5.74, 6) is -1.25. The Hall–Kier alpha value is -3.43. The minimum Gasteiger partial charge on any atom is -0.460 e. The van der Waals surface area contributed by atoms with Crippen molar-refractivity contribution in [3.05, 3.63) is 93.9 Å². The highest BCUT2D eigenvalue weighted by Crippen LogP contribution is 2.45. The summed E-state index contributed by atoms with van der Waals surface area (Å²) in [4.78, 5) is 32.5. The van der Waals surface area contributed by atoms with E-state index in [0.29, 0.717) is 22.1 Å². The predicted molar refractivity (Wildman–Crippen MR) is 137 cm³/mol. The van der Waals surface area contributed by atoms with Crippen molar-refractivity contribution in [2.75, 3.05) is 20.3 Å². The number of ether oxygens (including phenoxy) is 2. The number of aliphatic imine (C=N–C) groups is 1. The van der Waals surface area contributed by atoms with Crippen LogP contribution < -0.4 is 5.32 Å². The molecule has 0 bridgehead atoms. The number of nitrogens with one attached hydrogen (secondary N) is 1. The van der Waals surface area contributed by atoms with Crippen molar-refractivity contribution in [2.45, 2.75) is 32.4 Å². The number of methoxy groups -OCH3 is 1. The molecule has 2 aromatic carbocycles. The summed E-state index contributed by atoms with van der Waals surface area (Å²) in [6.07, 6.45) is 0.0409. The molecular weight excluding hydrogens is 481 g/mol. The van der Waals surface area contributed by atoms with Gasteiger partial charge in [0.1, 0.15) is 12.4 Å². The maximum Gasteiger partial charge on any atom is 0.338 e. The molecule has 1 amide bonds. The number of rotatable bonds is 9. The third-order valence-corrected chi connectivity index (χ3v) is 6.85. The van der Waals surface area contributed by atoms with Gasteiger partial charge in [-0.1, -0.05) is 60.3 Å². The number of hydrogen-bond donors (Lipinski definition) is 1. The summed E-state index contributed by atoms with van der Waals surface area (Å²) in [6.45, 7) is 3.92. The molecule has 0 radical (unpaired) electrons. The number of thioether (sulfide) groups is 1. The van der Waals surface area contributed by atoms with E-state index in [1.54, 1.807) is 30.0 Å². The number of fused-ring (bicyclic) bond motifs is 1. The Bertz CT molecular complexity index is 1230. The molecule has 0 fully saturated rings. The van der Waals surface area contributed by atoms with Gasteiger partial charge in [0.05, 0.1) is 36.4 Å². The third-order valence-electron chi connectivity index (χ3n) is 5.96. The molecule has 0 spiro atoms. The fraction of sp³-hybridized carbons (Fsp3) is 0.296. The largest absolute Gasteiger partial charge is 0.460 e. The van der Waals surface area contributed by atoms with E-state index in [0.717, 1.165) is 5.56 Å². The highest BCUT2D eigenvalue weighted by molar-refractivity contribution is 8.16. The number of halogens is 1. The first-order valence-electron chi connectivity index (χ1n) is 11.6. The van der Waals surface area contributed by atoms with Crippen LogP contribution in [0.15, 0.2) is 82.0 Å². The van der Waals surface area contributed by atoms with Crippen LogP contribution in [-0.2, 0) is 19.1 Å². The molecule has 2 heterocycles. The van der Waals surface area contributed by atoms with E-state index in [1.807, 2.05) is 42.7 Å². The van der Waals surface area contributed by atoms with Gasteiger partial charge in [-0.05, 0) is 30.9 Å².